The molecule has 0 aliphatic rings. The van der Waals surface area contributed by atoms with E-state index in [0.29, 0.717) is 6.54 Å². The second kappa shape index (κ2) is 10.4. The van der Waals surface area contributed by atoms with Gasteiger partial charge in [0.25, 0.3) is 17.5 Å². The van der Waals surface area contributed by atoms with Crippen molar-refractivity contribution < 1.29 is 24.0 Å². The van der Waals surface area contributed by atoms with E-state index in [9.17, 15) is 24.5 Å². The molecule has 2 aromatic rings. The first-order valence-electron chi connectivity index (χ1n) is 8.97. The maximum Gasteiger partial charge on any atom is 0.340 e. The van der Waals surface area contributed by atoms with Gasteiger partial charge < -0.3 is 15.4 Å². The Morgan fingerprint density at radius 3 is 2.47 bits per heavy atom. The smallest absolute Gasteiger partial charge is 0.340 e. The van der Waals surface area contributed by atoms with Crippen molar-refractivity contribution in [2.45, 2.75) is 13.8 Å². The summed E-state index contributed by atoms with van der Waals surface area (Å²) in [7, 11) is 0. The molecule has 30 heavy (non-hydrogen) atoms. The molecule has 10 heteroatoms. The zero-order chi connectivity index (χ0) is 22.3. The van der Waals surface area contributed by atoms with Crippen LogP contribution in [0, 0.1) is 16.0 Å². The Morgan fingerprint density at radius 1 is 1.13 bits per heavy atom. The van der Waals surface area contributed by atoms with Gasteiger partial charge in [0.2, 0.25) is 0 Å². The lowest BCUT2D eigenvalue weighted by Gasteiger charge is -2.12. The van der Waals surface area contributed by atoms with Crippen molar-refractivity contribution in [3.8, 4) is 0 Å². The van der Waals surface area contributed by atoms with Crippen LogP contribution in [0.4, 0.5) is 11.4 Å². The number of benzene rings is 2. The summed E-state index contributed by atoms with van der Waals surface area (Å²) in [5.74, 6) is -1.63. The van der Waals surface area contributed by atoms with Gasteiger partial charge in [0.1, 0.15) is 0 Å². The first-order valence-corrected chi connectivity index (χ1v) is 9.35. The molecule has 0 fully saturated rings. The Hall–Kier alpha value is -3.46. The van der Waals surface area contributed by atoms with Crippen molar-refractivity contribution in [3.05, 3.63) is 68.7 Å². The van der Waals surface area contributed by atoms with Crippen molar-refractivity contribution in [2.75, 3.05) is 18.5 Å². The highest BCUT2D eigenvalue weighted by Gasteiger charge is 2.19. The van der Waals surface area contributed by atoms with Crippen LogP contribution in [-0.4, -0.2) is 35.9 Å². The van der Waals surface area contributed by atoms with Crippen molar-refractivity contribution >= 4 is 40.8 Å². The van der Waals surface area contributed by atoms with Crippen molar-refractivity contribution in [1.82, 2.24) is 5.32 Å². The fourth-order valence-electron chi connectivity index (χ4n) is 2.34. The van der Waals surface area contributed by atoms with Crippen LogP contribution in [-0.2, 0) is 9.53 Å². The van der Waals surface area contributed by atoms with E-state index in [1.54, 1.807) is 12.1 Å². The first kappa shape index (κ1) is 22.8. The summed E-state index contributed by atoms with van der Waals surface area (Å²) in [6.07, 6.45) is 0. The monoisotopic (exact) mass is 433 g/mol. The van der Waals surface area contributed by atoms with Gasteiger partial charge in [-0.3, -0.25) is 19.7 Å². The maximum atomic E-state index is 12.5. The van der Waals surface area contributed by atoms with Crippen LogP contribution in [0.15, 0.2) is 42.5 Å². The van der Waals surface area contributed by atoms with Crippen LogP contribution in [0.25, 0.3) is 0 Å². The number of non-ortho nitro benzene ring substituents is 1. The summed E-state index contributed by atoms with van der Waals surface area (Å²) >= 11 is 5.97. The molecule has 0 bridgehead atoms. The molecule has 0 radical (unpaired) electrons. The van der Waals surface area contributed by atoms with E-state index < -0.39 is 29.3 Å². The van der Waals surface area contributed by atoms with Gasteiger partial charge in [-0.2, -0.15) is 0 Å². The Labute approximate surface area is 177 Å². The number of nitrogens with zero attached hydrogens (tertiary/aromatic N) is 1. The quantitative estimate of drug-likeness (QED) is 0.373. The number of para-hydroxylation sites is 1. The number of carbonyl (C=O) groups is 3. The molecule has 0 atom stereocenters. The molecule has 158 valence electrons. The third-order valence-electron chi connectivity index (χ3n) is 3.85. The molecule has 0 aromatic heterocycles. The average Bonchev–Trinajstić information content (AvgIpc) is 2.70. The molecule has 2 N–H and O–H groups in total. The standard InChI is InChI=1S/C20H20ClN3O6/c1-12(2)10-22-18(25)11-30-20(27)15-5-3-4-6-17(15)23-19(26)14-8-7-13(24(28)29)9-16(14)21/h3-9,12H,10-11H2,1-2H3,(H,22,25)(H,23,26). The zero-order valence-corrected chi connectivity index (χ0v) is 17.1. The van der Waals surface area contributed by atoms with Gasteiger partial charge in [-0.05, 0) is 24.1 Å². The molecule has 2 aromatic carbocycles. The summed E-state index contributed by atoms with van der Waals surface area (Å²) < 4.78 is 5.01. The van der Waals surface area contributed by atoms with Gasteiger partial charge in [-0.15, -0.1) is 0 Å². The van der Waals surface area contributed by atoms with Crippen LogP contribution >= 0.6 is 11.6 Å². The molecule has 0 saturated heterocycles. The second-order valence-corrected chi connectivity index (χ2v) is 7.10. The van der Waals surface area contributed by atoms with Gasteiger partial charge in [0.15, 0.2) is 6.61 Å². The average molecular weight is 434 g/mol. The lowest BCUT2D eigenvalue weighted by atomic mass is 10.1. The van der Waals surface area contributed by atoms with Crippen molar-refractivity contribution in [2.24, 2.45) is 5.92 Å². The number of rotatable bonds is 8. The van der Waals surface area contributed by atoms with E-state index in [4.69, 9.17) is 16.3 Å². The van der Waals surface area contributed by atoms with Gasteiger partial charge in [0, 0.05) is 18.7 Å². The number of ether oxygens (including phenoxy) is 1. The largest absolute Gasteiger partial charge is 0.452 e. The summed E-state index contributed by atoms with van der Waals surface area (Å²) in [6, 6.07) is 9.51. The number of anilines is 1. The lowest BCUT2D eigenvalue weighted by Crippen LogP contribution is -2.31. The molecule has 0 unspecified atom stereocenters. The minimum Gasteiger partial charge on any atom is -0.452 e. The van der Waals surface area contributed by atoms with Gasteiger partial charge in [-0.25, -0.2) is 4.79 Å². The Morgan fingerprint density at radius 2 is 1.83 bits per heavy atom. The maximum absolute atomic E-state index is 12.5. The highest BCUT2D eigenvalue weighted by atomic mass is 35.5. The Balaban J connectivity index is 2.09. The molecule has 0 aliphatic carbocycles. The van der Waals surface area contributed by atoms with Crippen LogP contribution in [0.5, 0.6) is 0 Å². The molecular weight excluding hydrogens is 414 g/mol. The lowest BCUT2D eigenvalue weighted by molar-refractivity contribution is -0.384. The third-order valence-corrected chi connectivity index (χ3v) is 4.16. The summed E-state index contributed by atoms with van der Waals surface area (Å²) in [5, 5.41) is 15.8. The Bertz CT molecular complexity index is 977. The van der Waals surface area contributed by atoms with Crippen LogP contribution in [0.2, 0.25) is 5.02 Å². The number of hydrogen-bond acceptors (Lipinski definition) is 6. The fourth-order valence-corrected chi connectivity index (χ4v) is 2.60. The number of halogens is 1. The minimum atomic E-state index is -0.791. The van der Waals surface area contributed by atoms with E-state index in [1.165, 1.54) is 18.2 Å². The van der Waals surface area contributed by atoms with Crippen molar-refractivity contribution in [3.63, 3.8) is 0 Å². The fraction of sp³-hybridized carbons (Fsp3) is 0.250. The number of hydrogen-bond donors (Lipinski definition) is 2. The minimum absolute atomic E-state index is 0.00139. The highest BCUT2D eigenvalue weighted by Crippen LogP contribution is 2.24. The zero-order valence-electron chi connectivity index (χ0n) is 16.3. The second-order valence-electron chi connectivity index (χ2n) is 6.70. The van der Waals surface area contributed by atoms with E-state index in [1.807, 2.05) is 13.8 Å². The van der Waals surface area contributed by atoms with E-state index in [0.717, 1.165) is 12.1 Å². The van der Waals surface area contributed by atoms with E-state index in [-0.39, 0.29) is 33.4 Å². The molecule has 0 spiro atoms. The molecule has 9 nitrogen and oxygen atoms in total. The first-order chi connectivity index (χ1) is 14.2. The predicted molar refractivity (Wildman–Crippen MR) is 111 cm³/mol. The predicted octanol–water partition coefficient (Wildman–Crippen LogP) is 3.43. The number of nitrogens with one attached hydrogen (secondary N) is 2. The molecule has 0 heterocycles. The molecule has 0 saturated carbocycles. The highest BCUT2D eigenvalue weighted by molar-refractivity contribution is 6.34. The molecule has 2 amide bonds. The van der Waals surface area contributed by atoms with E-state index in [2.05, 4.69) is 10.6 Å². The molecular formula is C20H20ClN3O6. The number of carbonyl (C=O) groups excluding carboxylic acids is 3. The topological polar surface area (TPSA) is 128 Å². The van der Waals surface area contributed by atoms with Gasteiger partial charge in [-0.1, -0.05) is 37.6 Å². The van der Waals surface area contributed by atoms with Gasteiger partial charge in [0.05, 0.1) is 26.8 Å². The third kappa shape index (κ3) is 6.28. The van der Waals surface area contributed by atoms with E-state index >= 15 is 0 Å². The number of nitro groups is 1. The normalized spacial score (nSPS) is 10.4. The molecule has 0 aliphatic heterocycles. The molecule has 2 rings (SSSR count). The number of nitro benzene ring substituents is 1. The number of amides is 2. The van der Waals surface area contributed by atoms with Gasteiger partial charge >= 0.3 is 5.97 Å². The summed E-state index contributed by atoms with van der Waals surface area (Å²) in [5.41, 5.74) is -0.0696. The van der Waals surface area contributed by atoms with Crippen LogP contribution in [0.3, 0.4) is 0 Å². The number of esters is 1. The summed E-state index contributed by atoms with van der Waals surface area (Å²) in [4.78, 5) is 46.8. The SMILES string of the molecule is CC(C)CNC(=O)COC(=O)c1ccccc1NC(=O)c1ccc([N+](=O)[O-])cc1Cl. The summed E-state index contributed by atoms with van der Waals surface area (Å²) in [6.45, 7) is 3.87. The Kier molecular flexibility index (Phi) is 7.88. The van der Waals surface area contributed by atoms with Crippen LogP contribution < -0.4 is 10.6 Å². The van der Waals surface area contributed by atoms with Crippen molar-refractivity contribution in [1.29, 1.82) is 0 Å². The van der Waals surface area contributed by atoms with Crippen LogP contribution in [0.1, 0.15) is 34.6 Å².